The number of anilines is 1. The fourth-order valence-corrected chi connectivity index (χ4v) is 2.34. The summed E-state index contributed by atoms with van der Waals surface area (Å²) in [5.41, 5.74) is 3.03. The number of hydrogen-bond acceptors (Lipinski definition) is 1. The summed E-state index contributed by atoms with van der Waals surface area (Å²) in [6.07, 6.45) is 1.02. The van der Waals surface area contributed by atoms with Gasteiger partial charge in [0.2, 0.25) is 5.91 Å². The molecule has 1 fully saturated rings. The van der Waals surface area contributed by atoms with Gasteiger partial charge in [-0.2, -0.15) is 0 Å². The lowest BCUT2D eigenvalue weighted by Crippen LogP contribution is -2.14. The van der Waals surface area contributed by atoms with Crippen LogP contribution in [0.3, 0.4) is 0 Å². The molecular weight excluding hydrogens is 212 g/mol. The molecule has 0 radical (unpaired) electrons. The number of carbonyl (C=O) groups is 1. The summed E-state index contributed by atoms with van der Waals surface area (Å²) in [7, 11) is 0. The second-order valence-electron chi connectivity index (χ2n) is 4.98. The lowest BCUT2D eigenvalue weighted by molar-refractivity contribution is -0.117. The second kappa shape index (κ2) is 3.62. The quantitative estimate of drug-likeness (QED) is 0.815. The second-order valence-corrected chi connectivity index (χ2v) is 4.98. The van der Waals surface area contributed by atoms with Gasteiger partial charge in [-0.15, -0.1) is 0 Å². The predicted molar refractivity (Wildman–Crippen MR) is 68.9 cm³/mol. The molecule has 3 heteroatoms. The minimum atomic E-state index is 0.158. The Kier molecular flexibility index (Phi) is 2.21. The van der Waals surface area contributed by atoms with Crippen molar-refractivity contribution in [3.05, 3.63) is 30.0 Å². The summed E-state index contributed by atoms with van der Waals surface area (Å²) in [5, 5.41) is 4.14. The van der Waals surface area contributed by atoms with Gasteiger partial charge in [0.15, 0.2) is 0 Å². The number of aromatic amines is 1. The molecule has 0 bridgehead atoms. The number of carbonyl (C=O) groups excluding carboxylic acids is 1. The number of benzene rings is 1. The number of fused-ring (bicyclic) bond motifs is 1. The first-order chi connectivity index (χ1) is 8.16. The van der Waals surface area contributed by atoms with E-state index in [1.807, 2.05) is 31.2 Å². The van der Waals surface area contributed by atoms with E-state index in [1.165, 1.54) is 0 Å². The van der Waals surface area contributed by atoms with Crippen LogP contribution in [0.1, 0.15) is 19.0 Å². The number of para-hydroxylation sites is 1. The molecule has 0 aliphatic heterocycles. The first-order valence-corrected chi connectivity index (χ1v) is 6.05. The van der Waals surface area contributed by atoms with Crippen molar-refractivity contribution in [3.8, 4) is 0 Å². The first-order valence-electron chi connectivity index (χ1n) is 6.05. The van der Waals surface area contributed by atoms with E-state index in [2.05, 4.69) is 17.2 Å². The van der Waals surface area contributed by atoms with Gasteiger partial charge in [0, 0.05) is 22.5 Å². The van der Waals surface area contributed by atoms with Gasteiger partial charge < -0.3 is 10.3 Å². The number of amides is 1. The average Bonchev–Trinajstić information content (AvgIpc) is 2.96. The highest BCUT2D eigenvalue weighted by molar-refractivity contribution is 6.04. The molecular formula is C14H16N2O. The molecule has 0 unspecified atom stereocenters. The molecule has 1 heterocycles. The number of nitrogens with one attached hydrogen (secondary N) is 2. The zero-order chi connectivity index (χ0) is 12.0. The Morgan fingerprint density at radius 3 is 2.82 bits per heavy atom. The molecule has 1 saturated carbocycles. The van der Waals surface area contributed by atoms with Crippen LogP contribution in [0.2, 0.25) is 0 Å². The zero-order valence-electron chi connectivity index (χ0n) is 10.1. The topological polar surface area (TPSA) is 44.9 Å². The average molecular weight is 228 g/mol. The largest absolute Gasteiger partial charge is 0.357 e. The van der Waals surface area contributed by atoms with E-state index in [-0.39, 0.29) is 11.8 Å². The maximum absolute atomic E-state index is 12.0. The molecule has 0 saturated heterocycles. The van der Waals surface area contributed by atoms with Crippen LogP contribution in [-0.2, 0) is 4.79 Å². The summed E-state index contributed by atoms with van der Waals surface area (Å²) in [4.78, 5) is 15.2. The molecule has 1 aliphatic rings. The van der Waals surface area contributed by atoms with Crippen LogP contribution in [0.5, 0.6) is 0 Å². The van der Waals surface area contributed by atoms with E-state index in [4.69, 9.17) is 0 Å². The van der Waals surface area contributed by atoms with Gasteiger partial charge in [-0.25, -0.2) is 0 Å². The number of H-pyrrole nitrogens is 1. The number of hydrogen-bond donors (Lipinski definition) is 2. The highest BCUT2D eigenvalue weighted by Crippen LogP contribution is 2.39. The Bertz CT molecular complexity index is 585. The Hall–Kier alpha value is -1.77. The molecule has 1 amide bonds. The molecule has 0 spiro atoms. The van der Waals surface area contributed by atoms with Crippen LogP contribution in [0.4, 0.5) is 5.69 Å². The van der Waals surface area contributed by atoms with Crippen molar-refractivity contribution < 1.29 is 4.79 Å². The van der Waals surface area contributed by atoms with Crippen LogP contribution in [-0.4, -0.2) is 10.9 Å². The Morgan fingerprint density at radius 1 is 1.41 bits per heavy atom. The molecule has 2 N–H and O–H groups in total. The lowest BCUT2D eigenvalue weighted by Gasteiger charge is -2.04. The monoisotopic (exact) mass is 228 g/mol. The van der Waals surface area contributed by atoms with Gasteiger partial charge in [-0.05, 0) is 25.3 Å². The van der Waals surface area contributed by atoms with Crippen LogP contribution in [0.15, 0.2) is 24.3 Å². The maximum atomic E-state index is 12.0. The highest BCUT2D eigenvalue weighted by atomic mass is 16.2. The standard InChI is InChI=1S/C14H16N2O/c1-8-7-11(8)14(17)16-13-9(2)15-12-6-4-3-5-10(12)13/h3-6,8,11,15H,7H2,1-2H3,(H,16,17)/t8-,11-/m0/s1. The van der Waals surface area contributed by atoms with E-state index in [0.29, 0.717) is 5.92 Å². The smallest absolute Gasteiger partial charge is 0.227 e. The van der Waals surface area contributed by atoms with Crippen molar-refractivity contribution in [2.24, 2.45) is 11.8 Å². The Labute approximate surface area is 100 Å². The number of aromatic nitrogens is 1. The van der Waals surface area contributed by atoms with Gasteiger partial charge >= 0.3 is 0 Å². The summed E-state index contributed by atoms with van der Waals surface area (Å²) in [6.45, 7) is 4.11. The van der Waals surface area contributed by atoms with E-state index in [0.717, 1.165) is 28.7 Å². The van der Waals surface area contributed by atoms with Crippen LogP contribution in [0.25, 0.3) is 10.9 Å². The third-order valence-electron chi connectivity index (χ3n) is 3.59. The molecule has 1 aromatic heterocycles. The van der Waals surface area contributed by atoms with Crippen molar-refractivity contribution in [1.29, 1.82) is 0 Å². The third kappa shape index (κ3) is 1.71. The molecule has 3 rings (SSSR count). The number of aryl methyl sites for hydroxylation is 1. The van der Waals surface area contributed by atoms with Gasteiger partial charge in [-0.3, -0.25) is 4.79 Å². The highest BCUT2D eigenvalue weighted by Gasteiger charge is 2.39. The van der Waals surface area contributed by atoms with Crippen molar-refractivity contribution in [2.45, 2.75) is 20.3 Å². The Morgan fingerprint density at radius 2 is 2.12 bits per heavy atom. The van der Waals surface area contributed by atoms with Crippen molar-refractivity contribution in [1.82, 2.24) is 4.98 Å². The first kappa shape index (κ1) is 10.4. The van der Waals surface area contributed by atoms with Gasteiger partial charge in [0.1, 0.15) is 0 Å². The van der Waals surface area contributed by atoms with Crippen LogP contribution in [0, 0.1) is 18.8 Å². The predicted octanol–water partition coefficient (Wildman–Crippen LogP) is 3.07. The summed E-state index contributed by atoms with van der Waals surface area (Å²) < 4.78 is 0. The van der Waals surface area contributed by atoms with Crippen molar-refractivity contribution >= 4 is 22.5 Å². The Balaban J connectivity index is 1.94. The van der Waals surface area contributed by atoms with E-state index in [9.17, 15) is 4.79 Å². The zero-order valence-corrected chi connectivity index (χ0v) is 10.1. The van der Waals surface area contributed by atoms with E-state index >= 15 is 0 Å². The summed E-state index contributed by atoms with van der Waals surface area (Å²) in [6, 6.07) is 8.04. The van der Waals surface area contributed by atoms with Crippen LogP contribution < -0.4 is 5.32 Å². The van der Waals surface area contributed by atoms with Crippen molar-refractivity contribution in [2.75, 3.05) is 5.32 Å². The number of rotatable bonds is 2. The molecule has 3 nitrogen and oxygen atoms in total. The molecule has 2 atom stereocenters. The van der Waals surface area contributed by atoms with Gasteiger partial charge in [0.05, 0.1) is 5.69 Å². The van der Waals surface area contributed by atoms with Crippen molar-refractivity contribution in [3.63, 3.8) is 0 Å². The summed E-state index contributed by atoms with van der Waals surface area (Å²) in [5.74, 6) is 0.911. The van der Waals surface area contributed by atoms with Crippen LogP contribution >= 0.6 is 0 Å². The SMILES string of the molecule is Cc1[nH]c2ccccc2c1NC(=O)[C@H]1C[C@@H]1C. The van der Waals surface area contributed by atoms with E-state index in [1.54, 1.807) is 0 Å². The van der Waals surface area contributed by atoms with Gasteiger partial charge in [0.25, 0.3) is 0 Å². The van der Waals surface area contributed by atoms with Gasteiger partial charge in [-0.1, -0.05) is 25.1 Å². The lowest BCUT2D eigenvalue weighted by atomic mass is 10.2. The minimum absolute atomic E-state index is 0.158. The molecule has 1 aromatic carbocycles. The fourth-order valence-electron chi connectivity index (χ4n) is 2.34. The fraction of sp³-hybridized carbons (Fsp3) is 0.357. The molecule has 2 aromatic rings. The molecule has 88 valence electrons. The third-order valence-corrected chi connectivity index (χ3v) is 3.59. The molecule has 1 aliphatic carbocycles. The summed E-state index contributed by atoms with van der Waals surface area (Å²) >= 11 is 0. The minimum Gasteiger partial charge on any atom is -0.357 e. The van der Waals surface area contributed by atoms with E-state index < -0.39 is 0 Å². The molecule has 17 heavy (non-hydrogen) atoms. The maximum Gasteiger partial charge on any atom is 0.227 e. The normalized spacial score (nSPS) is 22.7.